The number of nitrogens with zero attached hydrogens (tertiary/aromatic N) is 1. The van der Waals surface area contributed by atoms with E-state index in [1.165, 1.54) is 5.56 Å². The molecule has 0 spiro atoms. The Bertz CT molecular complexity index is 509. The fourth-order valence-corrected chi connectivity index (χ4v) is 3.18. The molecule has 4 nitrogen and oxygen atoms in total. The van der Waals surface area contributed by atoms with Crippen LogP contribution in [0.1, 0.15) is 51.5 Å². The van der Waals surface area contributed by atoms with Crippen LogP contribution in [0.2, 0.25) is 0 Å². The highest BCUT2D eigenvalue weighted by Gasteiger charge is 2.25. The van der Waals surface area contributed by atoms with Crippen molar-refractivity contribution >= 4 is 5.97 Å². The maximum absolute atomic E-state index is 11.8. The van der Waals surface area contributed by atoms with Crippen LogP contribution in [0.25, 0.3) is 0 Å². The van der Waals surface area contributed by atoms with E-state index in [1.807, 2.05) is 13.0 Å². The van der Waals surface area contributed by atoms with Crippen molar-refractivity contribution < 1.29 is 14.3 Å². The molecule has 0 amide bonds. The van der Waals surface area contributed by atoms with Gasteiger partial charge in [-0.2, -0.15) is 0 Å². The Morgan fingerprint density at radius 2 is 1.96 bits per heavy atom. The smallest absolute Gasteiger partial charge is 0.309 e. The number of piperidine rings is 1. The summed E-state index contributed by atoms with van der Waals surface area (Å²) in [5.41, 5.74) is 1.29. The topological polar surface area (TPSA) is 38.8 Å². The van der Waals surface area contributed by atoms with E-state index < -0.39 is 0 Å². The predicted molar refractivity (Wildman–Crippen MR) is 96.4 cm³/mol. The van der Waals surface area contributed by atoms with Crippen molar-refractivity contribution in [3.8, 4) is 5.75 Å². The van der Waals surface area contributed by atoms with E-state index in [-0.39, 0.29) is 11.9 Å². The Morgan fingerprint density at radius 1 is 1.25 bits per heavy atom. The number of benzene rings is 1. The van der Waals surface area contributed by atoms with Crippen molar-refractivity contribution in [2.24, 2.45) is 5.92 Å². The highest BCUT2D eigenvalue weighted by molar-refractivity contribution is 5.72. The highest BCUT2D eigenvalue weighted by atomic mass is 16.5. The second-order valence-electron chi connectivity index (χ2n) is 6.56. The Morgan fingerprint density at radius 3 is 2.62 bits per heavy atom. The van der Waals surface area contributed by atoms with E-state index >= 15 is 0 Å². The fourth-order valence-electron chi connectivity index (χ4n) is 3.18. The second kappa shape index (κ2) is 9.67. The van der Waals surface area contributed by atoms with Crippen molar-refractivity contribution in [1.82, 2.24) is 4.90 Å². The van der Waals surface area contributed by atoms with E-state index in [0.717, 1.165) is 44.6 Å². The fraction of sp³-hybridized carbons (Fsp3) is 0.650. The molecule has 1 fully saturated rings. The number of para-hydroxylation sites is 1. The molecule has 1 aromatic rings. The SMILES string of the molecule is CCOC(=O)C1CCN(CCOc2ccccc2C(C)CC)CC1. The third-order valence-corrected chi connectivity index (χ3v) is 4.93. The molecule has 1 heterocycles. The van der Waals surface area contributed by atoms with Gasteiger partial charge < -0.3 is 9.47 Å². The molecule has 24 heavy (non-hydrogen) atoms. The van der Waals surface area contributed by atoms with Gasteiger partial charge in [-0.1, -0.05) is 32.0 Å². The Kier molecular flexibility index (Phi) is 7.57. The van der Waals surface area contributed by atoms with Gasteiger partial charge in [-0.25, -0.2) is 0 Å². The quantitative estimate of drug-likeness (QED) is 0.677. The molecule has 0 N–H and O–H groups in total. The lowest BCUT2D eigenvalue weighted by atomic mass is 9.97. The number of carbonyl (C=O) groups excluding carboxylic acids is 1. The van der Waals surface area contributed by atoms with Gasteiger partial charge >= 0.3 is 5.97 Å². The minimum absolute atomic E-state index is 0.0316. The number of rotatable bonds is 8. The summed E-state index contributed by atoms with van der Waals surface area (Å²) in [5.74, 6) is 1.57. The van der Waals surface area contributed by atoms with Gasteiger partial charge in [0.2, 0.25) is 0 Å². The first kappa shape index (κ1) is 18.8. The zero-order chi connectivity index (χ0) is 17.4. The summed E-state index contributed by atoms with van der Waals surface area (Å²) < 4.78 is 11.2. The molecule has 1 saturated heterocycles. The average Bonchev–Trinajstić information content (AvgIpc) is 2.62. The molecule has 0 saturated carbocycles. The van der Waals surface area contributed by atoms with Crippen molar-refractivity contribution in [2.75, 3.05) is 32.8 Å². The number of hydrogen-bond donors (Lipinski definition) is 0. The van der Waals surface area contributed by atoms with Gasteiger partial charge in [0.1, 0.15) is 12.4 Å². The summed E-state index contributed by atoms with van der Waals surface area (Å²) in [6.45, 7) is 10.3. The summed E-state index contributed by atoms with van der Waals surface area (Å²) >= 11 is 0. The minimum Gasteiger partial charge on any atom is -0.492 e. The molecule has 1 aliphatic rings. The van der Waals surface area contributed by atoms with Crippen LogP contribution in [-0.4, -0.2) is 43.7 Å². The standard InChI is InChI=1S/C20H31NO3/c1-4-16(3)18-8-6-7-9-19(18)24-15-14-21-12-10-17(11-13-21)20(22)23-5-2/h6-9,16-17H,4-5,10-15H2,1-3H3. The van der Waals surface area contributed by atoms with E-state index in [0.29, 0.717) is 19.1 Å². The molecule has 2 rings (SSSR count). The molecule has 1 aromatic carbocycles. The maximum atomic E-state index is 11.8. The molecular formula is C20H31NO3. The molecule has 4 heteroatoms. The van der Waals surface area contributed by atoms with Crippen LogP contribution in [0.5, 0.6) is 5.75 Å². The van der Waals surface area contributed by atoms with Gasteiger partial charge in [0.05, 0.1) is 12.5 Å². The van der Waals surface area contributed by atoms with Crippen LogP contribution in [0.15, 0.2) is 24.3 Å². The number of esters is 1. The van der Waals surface area contributed by atoms with Crippen molar-refractivity contribution in [3.63, 3.8) is 0 Å². The zero-order valence-corrected chi connectivity index (χ0v) is 15.3. The van der Waals surface area contributed by atoms with Crippen LogP contribution >= 0.6 is 0 Å². The Labute approximate surface area is 146 Å². The van der Waals surface area contributed by atoms with Crippen LogP contribution < -0.4 is 4.74 Å². The molecule has 1 unspecified atom stereocenters. The Hall–Kier alpha value is -1.55. The van der Waals surface area contributed by atoms with Crippen molar-refractivity contribution in [1.29, 1.82) is 0 Å². The molecule has 0 aliphatic carbocycles. The van der Waals surface area contributed by atoms with Gasteiger partial charge in [0.25, 0.3) is 0 Å². The van der Waals surface area contributed by atoms with E-state index in [9.17, 15) is 4.79 Å². The average molecular weight is 333 g/mol. The van der Waals surface area contributed by atoms with Crippen molar-refractivity contribution in [2.45, 2.75) is 46.0 Å². The second-order valence-corrected chi connectivity index (χ2v) is 6.56. The molecule has 134 valence electrons. The first-order chi connectivity index (χ1) is 11.7. The van der Waals surface area contributed by atoms with Gasteiger partial charge in [0.15, 0.2) is 0 Å². The number of carbonyl (C=O) groups is 1. The molecular weight excluding hydrogens is 302 g/mol. The number of hydrogen-bond acceptors (Lipinski definition) is 4. The van der Waals surface area contributed by atoms with Crippen molar-refractivity contribution in [3.05, 3.63) is 29.8 Å². The lowest BCUT2D eigenvalue weighted by molar-refractivity contribution is -0.149. The zero-order valence-electron chi connectivity index (χ0n) is 15.3. The van der Waals surface area contributed by atoms with Crippen LogP contribution in [0, 0.1) is 5.92 Å². The largest absolute Gasteiger partial charge is 0.492 e. The molecule has 1 atom stereocenters. The van der Waals surface area contributed by atoms with Crippen LogP contribution in [0.4, 0.5) is 0 Å². The molecule has 0 radical (unpaired) electrons. The van der Waals surface area contributed by atoms with Gasteiger partial charge in [0, 0.05) is 6.54 Å². The van der Waals surface area contributed by atoms with E-state index in [4.69, 9.17) is 9.47 Å². The first-order valence-electron chi connectivity index (χ1n) is 9.26. The van der Waals surface area contributed by atoms with Gasteiger partial charge in [-0.15, -0.1) is 0 Å². The van der Waals surface area contributed by atoms with Gasteiger partial charge in [-0.05, 0) is 56.8 Å². The lowest BCUT2D eigenvalue weighted by Gasteiger charge is -2.30. The predicted octanol–water partition coefficient (Wildman–Crippen LogP) is 3.85. The first-order valence-corrected chi connectivity index (χ1v) is 9.26. The van der Waals surface area contributed by atoms with Crippen LogP contribution in [-0.2, 0) is 9.53 Å². The highest BCUT2D eigenvalue weighted by Crippen LogP contribution is 2.28. The summed E-state index contributed by atoms with van der Waals surface area (Å²) in [5, 5.41) is 0. The van der Waals surface area contributed by atoms with Gasteiger partial charge in [-0.3, -0.25) is 9.69 Å². The summed E-state index contributed by atoms with van der Waals surface area (Å²) in [4.78, 5) is 14.1. The Balaban J connectivity index is 1.75. The minimum atomic E-state index is -0.0316. The summed E-state index contributed by atoms with van der Waals surface area (Å²) in [6, 6.07) is 8.34. The normalized spacial score (nSPS) is 17.5. The van der Waals surface area contributed by atoms with E-state index in [2.05, 4.69) is 36.9 Å². The summed E-state index contributed by atoms with van der Waals surface area (Å²) in [7, 11) is 0. The number of likely N-dealkylation sites (tertiary alicyclic amines) is 1. The maximum Gasteiger partial charge on any atom is 0.309 e. The summed E-state index contributed by atoms with van der Waals surface area (Å²) in [6.07, 6.45) is 2.90. The molecule has 0 bridgehead atoms. The van der Waals surface area contributed by atoms with Crippen LogP contribution in [0.3, 0.4) is 0 Å². The third kappa shape index (κ3) is 5.23. The lowest BCUT2D eigenvalue weighted by Crippen LogP contribution is -2.39. The number of ether oxygens (including phenoxy) is 2. The molecule has 0 aromatic heterocycles. The molecule has 1 aliphatic heterocycles. The monoisotopic (exact) mass is 333 g/mol. The third-order valence-electron chi connectivity index (χ3n) is 4.93. The van der Waals surface area contributed by atoms with E-state index in [1.54, 1.807) is 0 Å².